The normalized spacial score (nSPS) is 11.0. The second-order valence-corrected chi connectivity index (χ2v) is 18.7. The molecule has 0 rings (SSSR count). The smallest absolute Gasteiger partial charge is 0.0203 e. The van der Waals surface area contributed by atoms with Crippen molar-refractivity contribution in [1.82, 2.24) is 0 Å². The fourth-order valence-corrected chi connectivity index (χ4v) is 0. The number of rotatable bonds is 1. The Kier molecular flexibility index (Phi) is 6.38. The van der Waals surface area contributed by atoms with Crippen molar-refractivity contribution in [1.29, 1.82) is 0 Å². The molecule has 0 aliphatic rings. The van der Waals surface area contributed by atoms with Crippen molar-refractivity contribution in [2.24, 2.45) is 0 Å². The van der Waals surface area contributed by atoms with E-state index in [1.54, 1.807) is 0 Å². The molecule has 0 amide bonds. The lowest BCUT2D eigenvalue weighted by molar-refractivity contribution is 4.92. The fourth-order valence-electron chi connectivity index (χ4n) is 0. The van der Waals surface area contributed by atoms with Crippen molar-refractivity contribution < 1.29 is 0 Å². The zero-order valence-corrected chi connectivity index (χ0v) is 9.15. The van der Waals surface area contributed by atoms with E-state index in [1.165, 1.54) is 0 Å². The summed E-state index contributed by atoms with van der Waals surface area (Å²) in [7, 11) is 12.4. The Labute approximate surface area is 50.2 Å². The topological polar surface area (TPSA) is 0 Å². The van der Waals surface area contributed by atoms with Gasteiger partial charge in [0.1, 0.15) is 0 Å². The zero-order chi connectivity index (χ0) is 5.15. The van der Waals surface area contributed by atoms with E-state index in [-0.39, 0.29) is 14.0 Å². The first-order valence-corrected chi connectivity index (χ1v) is 10.5. The predicted octanol–water partition coefficient (Wildman–Crippen LogP) is 3.56. The molecule has 36 valence electrons. The van der Waals surface area contributed by atoms with Crippen molar-refractivity contribution in [3.05, 3.63) is 0 Å². The molecule has 0 N–H and O–H groups in total. The van der Waals surface area contributed by atoms with E-state index in [0.29, 0.717) is 0 Å². The fraction of sp³-hybridized carbons (Fsp3) is 0. The predicted molar refractivity (Wildman–Crippen MR) is 49.9 cm³/mol. The van der Waals surface area contributed by atoms with Crippen LogP contribution >= 0.6 is 49.7 Å². The maximum atomic E-state index is 3.45. The van der Waals surface area contributed by atoms with Gasteiger partial charge in [-0.05, 0) is 14.0 Å². The minimum absolute atomic E-state index is 0.0576. The van der Waals surface area contributed by atoms with Crippen molar-refractivity contribution in [2.75, 3.05) is 0 Å². The lowest BCUT2D eigenvalue weighted by atomic mass is 29.0. The van der Waals surface area contributed by atoms with Gasteiger partial charge in [-0.15, -0.1) is 17.9 Å². The third kappa shape index (κ3) is 4.73. The number of hydrogen-bond donors (Lipinski definition) is 0. The molecule has 0 bridgehead atoms. The molecule has 2 unspecified atom stereocenters. The summed E-state index contributed by atoms with van der Waals surface area (Å²) in [6.45, 7) is 0.00823. The molecule has 0 spiro atoms. The summed E-state index contributed by atoms with van der Waals surface area (Å²) < 4.78 is 0. The first kappa shape index (κ1) is 8.58. The van der Waals surface area contributed by atoms with Crippen LogP contribution < -0.4 is 0 Å². The second-order valence-electron chi connectivity index (χ2n) is 0.692. The van der Waals surface area contributed by atoms with Gasteiger partial charge >= 0.3 is 0 Å². The lowest BCUT2D eigenvalue weighted by Crippen LogP contribution is -1.14. The molecule has 2 radical (unpaired) electrons. The maximum Gasteiger partial charge on any atom is -0.0203 e. The minimum Gasteiger partial charge on any atom is -0.102 e. The van der Waals surface area contributed by atoms with Crippen LogP contribution in [0.4, 0.5) is 0 Å². The van der Waals surface area contributed by atoms with Crippen molar-refractivity contribution >= 4 is 49.7 Å². The van der Waals surface area contributed by atoms with Gasteiger partial charge < -0.3 is 0 Å². The summed E-state index contributed by atoms with van der Waals surface area (Å²) in [5.74, 6) is 0. The zero-order valence-electron chi connectivity index (χ0n) is 3.05. The Hall–Kier alpha value is 2.58. The molecule has 0 aromatic carbocycles. The van der Waals surface area contributed by atoms with Gasteiger partial charge in [0.05, 0.1) is 0 Å². The van der Waals surface area contributed by atoms with E-state index in [9.17, 15) is 0 Å². The molecule has 0 nitrogen and oxygen atoms in total. The van der Waals surface area contributed by atoms with Crippen molar-refractivity contribution in [3.63, 3.8) is 0 Å². The van der Waals surface area contributed by atoms with Crippen LogP contribution in [-0.4, -0.2) is 0 Å². The van der Waals surface area contributed by atoms with Crippen LogP contribution in [0.1, 0.15) is 0 Å². The van der Waals surface area contributed by atoms with Gasteiger partial charge in [0.2, 0.25) is 0 Å². The third-order valence-electron chi connectivity index (χ3n) is 0.231. The minimum atomic E-state index is -0.0576. The van der Waals surface area contributed by atoms with Crippen LogP contribution in [0.25, 0.3) is 0 Å². The molecule has 0 aliphatic heterocycles. The van der Waals surface area contributed by atoms with Crippen molar-refractivity contribution in [2.45, 2.75) is 0 Å². The van der Waals surface area contributed by atoms with Gasteiger partial charge in [0.15, 0.2) is 0 Å². The molecular formula is H6P6. The Morgan fingerprint density at radius 3 is 1.33 bits per heavy atom. The Balaban J connectivity index is 2.99. The highest BCUT2D eigenvalue weighted by atomic mass is 33.0. The average molecular weight is 192 g/mol. The molecule has 0 heterocycles. The summed E-state index contributed by atoms with van der Waals surface area (Å²) in [6, 6.07) is 0. The Morgan fingerprint density at radius 1 is 1.17 bits per heavy atom. The second kappa shape index (κ2) is 4.46. The molecule has 0 saturated heterocycles. The van der Waals surface area contributed by atoms with E-state index >= 15 is 0 Å². The molecule has 0 fully saturated rings. The van der Waals surface area contributed by atoms with Gasteiger partial charge in [0.25, 0.3) is 0 Å². The van der Waals surface area contributed by atoms with Gasteiger partial charge in [-0.3, -0.25) is 0 Å². The van der Waals surface area contributed by atoms with Crippen LogP contribution in [0.2, 0.25) is 0 Å². The van der Waals surface area contributed by atoms with E-state index in [1.807, 2.05) is 0 Å². The monoisotopic (exact) mass is 192 g/mol. The first-order valence-electron chi connectivity index (χ1n) is 1.16. The van der Waals surface area contributed by atoms with E-state index in [2.05, 4.69) is 35.7 Å². The van der Waals surface area contributed by atoms with Crippen LogP contribution in [0.3, 0.4) is 0 Å². The van der Waals surface area contributed by atoms with Crippen LogP contribution in [-0.2, 0) is 0 Å². The molecular weight excluding hydrogens is 186 g/mol. The third-order valence-corrected chi connectivity index (χ3v) is 18.7. The Morgan fingerprint density at radius 2 is 1.33 bits per heavy atom. The highest BCUT2D eigenvalue weighted by molar-refractivity contribution is 8.92. The largest absolute Gasteiger partial charge is 0.102 e. The summed E-state index contributed by atoms with van der Waals surface area (Å²) in [5.41, 5.74) is 0. The molecule has 6 heteroatoms. The number of hydrogen-bond acceptors (Lipinski definition) is 0. The van der Waals surface area contributed by atoms with Crippen LogP contribution in [0.15, 0.2) is 0 Å². The highest BCUT2D eigenvalue weighted by Crippen LogP contribution is 2.86. The van der Waals surface area contributed by atoms with Crippen molar-refractivity contribution in [3.8, 4) is 0 Å². The lowest BCUT2D eigenvalue weighted by Gasteiger charge is -2.04. The Bertz CT molecular complexity index is 21.0. The molecule has 0 aromatic heterocycles. The van der Waals surface area contributed by atoms with Crippen LogP contribution in [0, 0.1) is 0 Å². The van der Waals surface area contributed by atoms with E-state index in [0.717, 1.165) is 0 Å². The van der Waals surface area contributed by atoms with Gasteiger partial charge in [-0.1, -0.05) is 17.9 Å². The average Bonchev–Trinajstić information content (AvgIpc) is 1.36. The summed E-state index contributed by atoms with van der Waals surface area (Å²) >= 11 is 0. The standard InChI is InChI=1S/H6P6/c1-5(2)6(3)4/h1-2H,3-4H2. The van der Waals surface area contributed by atoms with Gasteiger partial charge in [-0.2, -0.15) is 0 Å². The highest BCUT2D eigenvalue weighted by Gasteiger charge is 1.96. The summed E-state index contributed by atoms with van der Waals surface area (Å²) in [6.07, 6.45) is 0. The van der Waals surface area contributed by atoms with Crippen LogP contribution in [0.5, 0.6) is 0 Å². The molecule has 0 saturated carbocycles. The van der Waals surface area contributed by atoms with E-state index in [4.69, 9.17) is 0 Å². The SMILES string of the molecule is [PH]P([PH])P(P)P. The molecule has 6 heavy (non-hydrogen) atoms. The molecule has 0 aliphatic carbocycles. The quantitative estimate of drug-likeness (QED) is 0.557. The molecule has 2 atom stereocenters. The van der Waals surface area contributed by atoms with Gasteiger partial charge in [-0.25, -0.2) is 0 Å². The summed E-state index contributed by atoms with van der Waals surface area (Å²) in [4.78, 5) is 0. The summed E-state index contributed by atoms with van der Waals surface area (Å²) in [5, 5.41) is 0. The van der Waals surface area contributed by atoms with Gasteiger partial charge in [0, 0.05) is 0 Å². The molecule has 0 aromatic rings. The first-order chi connectivity index (χ1) is 2.64. The van der Waals surface area contributed by atoms with E-state index < -0.39 is 0 Å². The maximum absolute atomic E-state index is 3.45.